The van der Waals surface area contributed by atoms with Gasteiger partial charge in [0.2, 0.25) is 5.91 Å². The summed E-state index contributed by atoms with van der Waals surface area (Å²) in [6.07, 6.45) is -1.13. The van der Waals surface area contributed by atoms with Gasteiger partial charge in [-0.3, -0.25) is 4.79 Å². The number of carbonyl (C=O) groups excluding carboxylic acids is 1. The molecule has 0 spiro atoms. The summed E-state index contributed by atoms with van der Waals surface area (Å²) in [4.78, 5) is 22.8. The lowest BCUT2D eigenvalue weighted by molar-refractivity contribution is -0.137. The van der Waals surface area contributed by atoms with Gasteiger partial charge in [0.25, 0.3) is 0 Å². The van der Waals surface area contributed by atoms with E-state index in [0.29, 0.717) is 13.0 Å². The Morgan fingerprint density at radius 2 is 2.29 bits per heavy atom. The zero-order valence-corrected chi connectivity index (χ0v) is 7.93. The smallest absolute Gasteiger partial charge is 0.405 e. The van der Waals surface area contributed by atoms with Crippen LogP contribution in [0, 0.1) is 0 Å². The Labute approximate surface area is 81.5 Å². The van der Waals surface area contributed by atoms with Crippen LogP contribution in [-0.4, -0.2) is 45.9 Å². The summed E-state index contributed by atoms with van der Waals surface area (Å²) in [5.74, 6) is -0.128. The molecule has 2 atom stereocenters. The average Bonchev–Trinajstić information content (AvgIpc) is 2.48. The maximum absolute atomic E-state index is 11.2. The van der Waals surface area contributed by atoms with E-state index in [0.717, 1.165) is 6.42 Å². The van der Waals surface area contributed by atoms with Gasteiger partial charge in [-0.15, -0.1) is 0 Å². The van der Waals surface area contributed by atoms with Crippen molar-refractivity contribution in [2.75, 3.05) is 6.54 Å². The number of aliphatic hydroxyl groups is 1. The molecule has 1 fully saturated rings. The minimum Gasteiger partial charge on any atom is -0.465 e. The first-order valence-electron chi connectivity index (χ1n) is 4.49. The SMILES string of the molecule is CC(NC(=O)O)C(O)N1CCCC1=O. The lowest BCUT2D eigenvalue weighted by atomic mass is 10.3. The molecular formula is C8H14N2O4. The van der Waals surface area contributed by atoms with Gasteiger partial charge in [0.05, 0.1) is 6.04 Å². The zero-order chi connectivity index (χ0) is 10.7. The number of amides is 2. The van der Waals surface area contributed by atoms with Crippen LogP contribution in [0.15, 0.2) is 0 Å². The molecule has 3 N–H and O–H groups in total. The van der Waals surface area contributed by atoms with E-state index in [-0.39, 0.29) is 5.91 Å². The summed E-state index contributed by atoms with van der Waals surface area (Å²) in [6.45, 7) is 2.01. The molecule has 0 radical (unpaired) electrons. The fraction of sp³-hybridized carbons (Fsp3) is 0.750. The van der Waals surface area contributed by atoms with Crippen LogP contribution in [0.1, 0.15) is 19.8 Å². The fourth-order valence-corrected chi connectivity index (χ4v) is 1.49. The fourth-order valence-electron chi connectivity index (χ4n) is 1.49. The van der Waals surface area contributed by atoms with Crippen LogP contribution >= 0.6 is 0 Å². The van der Waals surface area contributed by atoms with Gasteiger partial charge in [0.15, 0.2) is 0 Å². The summed E-state index contributed by atoms with van der Waals surface area (Å²) in [5, 5.41) is 20.1. The molecule has 0 aromatic carbocycles. The first-order chi connectivity index (χ1) is 6.52. The number of likely N-dealkylation sites (tertiary alicyclic amines) is 1. The molecule has 1 rings (SSSR count). The number of rotatable bonds is 3. The van der Waals surface area contributed by atoms with Crippen LogP contribution in [0.25, 0.3) is 0 Å². The van der Waals surface area contributed by atoms with Crippen molar-refractivity contribution in [3.63, 3.8) is 0 Å². The second-order valence-electron chi connectivity index (χ2n) is 3.34. The molecule has 14 heavy (non-hydrogen) atoms. The Bertz CT molecular complexity index is 243. The van der Waals surface area contributed by atoms with Gasteiger partial charge < -0.3 is 20.4 Å². The van der Waals surface area contributed by atoms with Crippen molar-refractivity contribution in [3.8, 4) is 0 Å². The lowest BCUT2D eigenvalue weighted by Gasteiger charge is -2.27. The molecule has 1 aliphatic rings. The Balaban J connectivity index is 2.50. The van der Waals surface area contributed by atoms with E-state index in [9.17, 15) is 14.7 Å². The zero-order valence-electron chi connectivity index (χ0n) is 7.93. The molecule has 2 unspecified atom stereocenters. The van der Waals surface area contributed by atoms with Crippen LogP contribution in [-0.2, 0) is 4.79 Å². The highest BCUT2D eigenvalue weighted by atomic mass is 16.4. The van der Waals surface area contributed by atoms with Crippen molar-refractivity contribution in [2.45, 2.75) is 32.0 Å². The van der Waals surface area contributed by atoms with Crippen molar-refractivity contribution >= 4 is 12.0 Å². The number of aliphatic hydroxyl groups excluding tert-OH is 1. The highest BCUT2D eigenvalue weighted by molar-refractivity contribution is 5.78. The summed E-state index contributed by atoms with van der Waals surface area (Å²) in [6, 6.07) is -0.672. The maximum atomic E-state index is 11.2. The summed E-state index contributed by atoms with van der Waals surface area (Å²) in [5.41, 5.74) is 0. The van der Waals surface area contributed by atoms with E-state index in [1.165, 1.54) is 11.8 Å². The third kappa shape index (κ3) is 2.35. The number of nitrogens with one attached hydrogen (secondary N) is 1. The predicted molar refractivity (Wildman–Crippen MR) is 47.6 cm³/mol. The topological polar surface area (TPSA) is 89.9 Å². The molecule has 6 nitrogen and oxygen atoms in total. The highest BCUT2D eigenvalue weighted by Gasteiger charge is 2.30. The monoisotopic (exact) mass is 202 g/mol. The third-order valence-corrected chi connectivity index (χ3v) is 2.23. The molecule has 0 aromatic heterocycles. The van der Waals surface area contributed by atoms with Crippen LogP contribution in [0.5, 0.6) is 0 Å². The second-order valence-corrected chi connectivity index (χ2v) is 3.34. The van der Waals surface area contributed by atoms with E-state index in [2.05, 4.69) is 5.32 Å². The maximum Gasteiger partial charge on any atom is 0.405 e. The van der Waals surface area contributed by atoms with Crippen molar-refractivity contribution in [1.29, 1.82) is 0 Å². The molecule has 2 amide bonds. The second kappa shape index (κ2) is 4.28. The molecule has 0 aromatic rings. The Morgan fingerprint density at radius 3 is 2.71 bits per heavy atom. The van der Waals surface area contributed by atoms with Gasteiger partial charge in [-0.25, -0.2) is 4.79 Å². The molecule has 1 aliphatic heterocycles. The number of nitrogens with zero attached hydrogens (tertiary/aromatic N) is 1. The quantitative estimate of drug-likeness (QED) is 0.580. The van der Waals surface area contributed by atoms with Gasteiger partial charge in [0, 0.05) is 13.0 Å². The van der Waals surface area contributed by atoms with E-state index >= 15 is 0 Å². The molecule has 1 heterocycles. The van der Waals surface area contributed by atoms with Crippen LogP contribution < -0.4 is 5.32 Å². The number of carboxylic acid groups (broad SMARTS) is 1. The standard InChI is InChI=1S/C8H14N2O4/c1-5(9-8(13)14)7(12)10-4-2-3-6(10)11/h5,7,9,12H,2-4H2,1H3,(H,13,14). The largest absolute Gasteiger partial charge is 0.465 e. The van der Waals surface area contributed by atoms with Gasteiger partial charge in [0.1, 0.15) is 6.23 Å². The first kappa shape index (κ1) is 10.8. The molecule has 0 aliphatic carbocycles. The minimum absolute atomic E-state index is 0.128. The van der Waals surface area contributed by atoms with Crippen LogP contribution in [0.3, 0.4) is 0 Å². The summed E-state index contributed by atoms with van der Waals surface area (Å²) < 4.78 is 0. The Hall–Kier alpha value is -1.30. The van der Waals surface area contributed by atoms with Crippen molar-refractivity contribution in [3.05, 3.63) is 0 Å². The van der Waals surface area contributed by atoms with Gasteiger partial charge in [-0.2, -0.15) is 0 Å². The summed E-state index contributed by atoms with van der Waals surface area (Å²) >= 11 is 0. The van der Waals surface area contributed by atoms with Crippen molar-refractivity contribution in [2.24, 2.45) is 0 Å². The summed E-state index contributed by atoms with van der Waals surface area (Å²) in [7, 11) is 0. The molecule has 80 valence electrons. The molecule has 1 saturated heterocycles. The minimum atomic E-state index is -1.21. The van der Waals surface area contributed by atoms with Crippen molar-refractivity contribution < 1.29 is 19.8 Å². The van der Waals surface area contributed by atoms with Gasteiger partial charge in [-0.1, -0.05) is 0 Å². The average molecular weight is 202 g/mol. The normalized spacial score (nSPS) is 20.7. The van der Waals surface area contributed by atoms with E-state index < -0.39 is 18.4 Å². The first-order valence-corrected chi connectivity index (χ1v) is 4.49. The Kier molecular flexibility index (Phi) is 3.29. The number of hydrogen-bond acceptors (Lipinski definition) is 3. The van der Waals surface area contributed by atoms with Gasteiger partial charge in [-0.05, 0) is 13.3 Å². The molecule has 0 saturated carbocycles. The lowest BCUT2D eigenvalue weighted by Crippen LogP contribution is -2.50. The highest BCUT2D eigenvalue weighted by Crippen LogP contribution is 2.14. The predicted octanol–water partition coefficient (Wildman–Crippen LogP) is -0.417. The van der Waals surface area contributed by atoms with Gasteiger partial charge >= 0.3 is 6.09 Å². The van der Waals surface area contributed by atoms with Crippen LogP contribution in [0.2, 0.25) is 0 Å². The van der Waals surface area contributed by atoms with Crippen LogP contribution in [0.4, 0.5) is 4.79 Å². The number of hydrogen-bond donors (Lipinski definition) is 3. The van der Waals surface area contributed by atoms with Crippen molar-refractivity contribution in [1.82, 2.24) is 10.2 Å². The molecule has 6 heteroatoms. The third-order valence-electron chi connectivity index (χ3n) is 2.23. The van der Waals surface area contributed by atoms with E-state index in [1.54, 1.807) is 0 Å². The van der Waals surface area contributed by atoms with E-state index in [1.807, 2.05) is 0 Å². The molecular weight excluding hydrogens is 188 g/mol. The Morgan fingerprint density at radius 1 is 1.64 bits per heavy atom. The molecule has 0 bridgehead atoms. The van der Waals surface area contributed by atoms with E-state index in [4.69, 9.17) is 5.11 Å². The number of carbonyl (C=O) groups is 2.